The predicted molar refractivity (Wildman–Crippen MR) is 61.6 cm³/mol. The van der Waals surface area contributed by atoms with Crippen molar-refractivity contribution >= 4 is 15.8 Å². The van der Waals surface area contributed by atoms with E-state index in [4.69, 9.17) is 13.0 Å². The van der Waals surface area contributed by atoms with E-state index in [1.807, 2.05) is 6.07 Å². The van der Waals surface area contributed by atoms with Crippen LogP contribution in [0.3, 0.4) is 0 Å². The summed E-state index contributed by atoms with van der Waals surface area (Å²) in [5.41, 5.74) is 1.34. The Bertz CT molecular complexity index is 371. The highest BCUT2D eigenvalue weighted by Gasteiger charge is 2.08. The van der Waals surface area contributed by atoms with Gasteiger partial charge in [-0.1, -0.05) is 18.2 Å². The van der Waals surface area contributed by atoms with E-state index < -0.39 is 10.1 Å². The first-order valence-electron chi connectivity index (χ1n) is 4.38. The molecule has 0 atom stereocenters. The summed E-state index contributed by atoms with van der Waals surface area (Å²) in [6.45, 7) is 0. The molecular weight excluding hydrogens is 214 g/mol. The van der Waals surface area contributed by atoms with Crippen LogP contribution in [0.2, 0.25) is 0 Å². The fourth-order valence-corrected chi connectivity index (χ4v) is 0.875. The van der Waals surface area contributed by atoms with Gasteiger partial charge in [-0.05, 0) is 12.1 Å². The number of benzene rings is 1. The average molecular weight is 231 g/mol. The van der Waals surface area contributed by atoms with E-state index in [0.717, 1.165) is 4.48 Å². The van der Waals surface area contributed by atoms with Crippen molar-refractivity contribution in [2.24, 2.45) is 0 Å². The Morgan fingerprint density at radius 3 is 1.60 bits per heavy atom. The van der Waals surface area contributed by atoms with Crippen molar-refractivity contribution in [3.8, 4) is 0 Å². The van der Waals surface area contributed by atoms with Gasteiger partial charge in [0.15, 0.2) is 0 Å². The number of hydrogen-bond donors (Lipinski definition) is 0. The Hall–Kier alpha value is -0.910. The second-order valence-corrected chi connectivity index (χ2v) is 5.46. The molecule has 86 valence electrons. The lowest BCUT2D eigenvalue weighted by Gasteiger charge is -2.22. The average Bonchev–Trinajstić information content (AvgIpc) is 2.01. The first-order chi connectivity index (χ1) is 6.61. The van der Waals surface area contributed by atoms with Crippen LogP contribution in [0.4, 0.5) is 5.69 Å². The van der Waals surface area contributed by atoms with E-state index in [1.165, 1.54) is 5.69 Å². The molecule has 1 rings (SSSR count). The molecule has 0 aliphatic heterocycles. The van der Waals surface area contributed by atoms with Crippen LogP contribution in [0, 0.1) is 0 Å². The third-order valence-electron chi connectivity index (χ3n) is 1.53. The van der Waals surface area contributed by atoms with Crippen LogP contribution in [0.25, 0.3) is 0 Å². The van der Waals surface area contributed by atoms with Crippen LogP contribution < -0.4 is 4.48 Å². The van der Waals surface area contributed by atoms with Crippen molar-refractivity contribution in [1.29, 1.82) is 0 Å². The van der Waals surface area contributed by atoms with Crippen molar-refractivity contribution in [2.75, 3.05) is 27.4 Å². The maximum Gasteiger partial charge on any atom is 0.132 e. The molecule has 4 nitrogen and oxygen atoms in total. The van der Waals surface area contributed by atoms with Crippen LogP contribution >= 0.6 is 0 Å². The largest absolute Gasteiger partial charge is 0.748 e. The fraction of sp³-hybridized carbons (Fsp3) is 0.400. The minimum absolute atomic E-state index is 0.604. The smallest absolute Gasteiger partial charge is 0.132 e. The van der Waals surface area contributed by atoms with Crippen LogP contribution in [0.1, 0.15) is 0 Å². The molecule has 0 radical (unpaired) electrons. The maximum absolute atomic E-state index is 9.08. The molecule has 15 heavy (non-hydrogen) atoms. The Kier molecular flexibility index (Phi) is 4.93. The highest BCUT2D eigenvalue weighted by molar-refractivity contribution is 7.84. The molecule has 0 bridgehead atoms. The van der Waals surface area contributed by atoms with Gasteiger partial charge in [-0.25, -0.2) is 8.42 Å². The molecule has 0 fully saturated rings. The molecule has 1 aromatic carbocycles. The minimum Gasteiger partial charge on any atom is -0.748 e. The fourth-order valence-electron chi connectivity index (χ4n) is 0.875. The summed E-state index contributed by atoms with van der Waals surface area (Å²) in [4.78, 5) is 0. The van der Waals surface area contributed by atoms with Crippen molar-refractivity contribution in [1.82, 2.24) is 4.48 Å². The Morgan fingerprint density at radius 1 is 1.07 bits per heavy atom. The van der Waals surface area contributed by atoms with Gasteiger partial charge in [0.2, 0.25) is 0 Å². The number of nitrogens with zero attached hydrogens (tertiary/aromatic N) is 1. The van der Waals surface area contributed by atoms with E-state index in [-0.39, 0.29) is 0 Å². The molecule has 0 aliphatic rings. The van der Waals surface area contributed by atoms with Gasteiger partial charge in [0.25, 0.3) is 0 Å². The lowest BCUT2D eigenvalue weighted by Crippen LogP contribution is -2.34. The Balaban J connectivity index is 0.000000336. The Morgan fingerprint density at radius 2 is 1.40 bits per heavy atom. The zero-order chi connectivity index (χ0) is 12.1. The van der Waals surface area contributed by atoms with Gasteiger partial charge in [0.1, 0.15) is 5.69 Å². The SMILES string of the molecule is CS(=O)(=O)[O-].C[N+](C)(C)c1ccccc1. The second-order valence-electron chi connectivity index (χ2n) is 4.05. The lowest BCUT2D eigenvalue weighted by molar-refractivity contribution is 0.470. The molecule has 0 aromatic heterocycles. The first-order valence-corrected chi connectivity index (χ1v) is 6.20. The van der Waals surface area contributed by atoms with E-state index in [2.05, 4.69) is 45.4 Å². The van der Waals surface area contributed by atoms with E-state index >= 15 is 0 Å². The van der Waals surface area contributed by atoms with Crippen LogP contribution in [0.5, 0.6) is 0 Å². The molecule has 0 amide bonds. The van der Waals surface area contributed by atoms with E-state index in [1.54, 1.807) is 0 Å². The zero-order valence-corrected chi connectivity index (χ0v) is 10.3. The van der Waals surface area contributed by atoms with Gasteiger partial charge in [-0.15, -0.1) is 0 Å². The molecule has 0 heterocycles. The van der Waals surface area contributed by atoms with E-state index in [0.29, 0.717) is 6.26 Å². The summed E-state index contributed by atoms with van der Waals surface area (Å²) < 4.78 is 28.1. The standard InChI is InChI=1S/C9H14N.CH4O3S/c1-10(2,3)9-7-5-4-6-8-9;1-5(2,3)4/h4-8H,1-3H3;1H3,(H,2,3,4)/q+1;/p-1. The van der Waals surface area contributed by atoms with Crippen LogP contribution in [-0.4, -0.2) is 40.4 Å². The summed E-state index contributed by atoms with van der Waals surface area (Å²) in [7, 11) is 2.57. The van der Waals surface area contributed by atoms with E-state index in [9.17, 15) is 0 Å². The lowest BCUT2D eigenvalue weighted by atomic mass is 10.3. The summed E-state index contributed by atoms with van der Waals surface area (Å²) in [6, 6.07) is 10.5. The van der Waals surface area contributed by atoms with Crippen LogP contribution in [0.15, 0.2) is 30.3 Å². The van der Waals surface area contributed by atoms with Gasteiger partial charge >= 0.3 is 0 Å². The highest BCUT2D eigenvalue weighted by Crippen LogP contribution is 2.14. The monoisotopic (exact) mass is 231 g/mol. The first kappa shape index (κ1) is 14.1. The molecule has 0 N–H and O–H groups in total. The quantitative estimate of drug-likeness (QED) is 0.536. The summed E-state index contributed by atoms with van der Waals surface area (Å²) in [6.07, 6.45) is 0.604. The third kappa shape index (κ3) is 9.40. The van der Waals surface area contributed by atoms with Gasteiger partial charge in [0, 0.05) is 6.26 Å². The second kappa shape index (κ2) is 5.25. The maximum atomic E-state index is 9.08. The predicted octanol–water partition coefficient (Wildman–Crippen LogP) is 1.04. The Labute approximate surface area is 91.5 Å². The van der Waals surface area contributed by atoms with Gasteiger partial charge in [-0.3, -0.25) is 4.48 Å². The normalized spacial score (nSPS) is 11.5. The van der Waals surface area contributed by atoms with Crippen molar-refractivity contribution in [3.63, 3.8) is 0 Å². The third-order valence-corrected chi connectivity index (χ3v) is 1.53. The zero-order valence-electron chi connectivity index (χ0n) is 9.47. The molecule has 0 unspecified atom stereocenters. The molecule has 0 spiro atoms. The summed E-state index contributed by atoms with van der Waals surface area (Å²) >= 11 is 0. The molecule has 0 aliphatic carbocycles. The van der Waals surface area contributed by atoms with Crippen molar-refractivity contribution in [2.45, 2.75) is 0 Å². The molecule has 1 aromatic rings. The van der Waals surface area contributed by atoms with Crippen LogP contribution in [-0.2, 0) is 10.1 Å². The van der Waals surface area contributed by atoms with Gasteiger partial charge in [-0.2, -0.15) is 0 Å². The minimum atomic E-state index is -3.92. The van der Waals surface area contributed by atoms with Gasteiger partial charge in [0.05, 0.1) is 31.3 Å². The molecule has 0 saturated carbocycles. The highest BCUT2D eigenvalue weighted by atomic mass is 32.2. The van der Waals surface area contributed by atoms with Crippen molar-refractivity contribution < 1.29 is 13.0 Å². The van der Waals surface area contributed by atoms with Crippen molar-refractivity contribution in [3.05, 3.63) is 30.3 Å². The number of hydrogen-bond acceptors (Lipinski definition) is 3. The topological polar surface area (TPSA) is 57.2 Å². The number of para-hydroxylation sites is 1. The summed E-state index contributed by atoms with van der Waals surface area (Å²) in [5.74, 6) is 0. The molecular formula is C10H17NO3S. The molecule has 5 heteroatoms. The summed E-state index contributed by atoms with van der Waals surface area (Å²) in [5, 5.41) is 0. The molecule has 0 saturated heterocycles. The van der Waals surface area contributed by atoms with Gasteiger partial charge < -0.3 is 4.55 Å². The number of rotatable bonds is 1. The number of quaternary nitrogens is 1.